The van der Waals surface area contributed by atoms with Crippen LogP contribution in [0, 0.1) is 12.8 Å². The summed E-state index contributed by atoms with van der Waals surface area (Å²) in [5.41, 5.74) is 1.32. The molecule has 4 rings (SSSR count). The number of aromatic hydroxyl groups is 1. The Bertz CT molecular complexity index is 981. The summed E-state index contributed by atoms with van der Waals surface area (Å²) in [6.45, 7) is 5.07. The summed E-state index contributed by atoms with van der Waals surface area (Å²) < 4.78 is 5.38. The van der Waals surface area contributed by atoms with Gasteiger partial charge in [0.1, 0.15) is 11.3 Å². The van der Waals surface area contributed by atoms with Crippen molar-refractivity contribution in [2.45, 2.75) is 57.9 Å². The van der Waals surface area contributed by atoms with E-state index in [0.29, 0.717) is 35.9 Å². The Balaban J connectivity index is 1.40. The summed E-state index contributed by atoms with van der Waals surface area (Å²) in [6, 6.07) is 5.40. The summed E-state index contributed by atoms with van der Waals surface area (Å²) in [6.07, 6.45) is 6.92. The second kappa shape index (κ2) is 8.80. The molecule has 6 heteroatoms. The number of piperidine rings is 2. The third-order valence-electron chi connectivity index (χ3n) is 7.02. The third-order valence-corrected chi connectivity index (χ3v) is 7.02. The van der Waals surface area contributed by atoms with E-state index in [-0.39, 0.29) is 11.7 Å². The number of phenols is 1. The summed E-state index contributed by atoms with van der Waals surface area (Å²) in [5.74, 6) is 0.689. The van der Waals surface area contributed by atoms with Crippen LogP contribution in [0.4, 0.5) is 0 Å². The lowest BCUT2D eigenvalue weighted by Crippen LogP contribution is -2.51. The van der Waals surface area contributed by atoms with E-state index in [9.17, 15) is 14.7 Å². The largest absolute Gasteiger partial charge is 0.508 e. The molecule has 1 aromatic heterocycles. The van der Waals surface area contributed by atoms with Gasteiger partial charge in [0.05, 0.1) is 0 Å². The molecule has 162 valence electrons. The maximum Gasteiger partial charge on any atom is 0.339 e. The molecule has 2 aromatic rings. The molecule has 1 N–H and O–H groups in total. The number of nitrogens with zero attached hydrogens (tertiary/aromatic N) is 2. The van der Waals surface area contributed by atoms with Crippen molar-refractivity contribution in [3.63, 3.8) is 0 Å². The second-order valence-electron chi connectivity index (χ2n) is 8.95. The minimum Gasteiger partial charge on any atom is -0.508 e. The number of carbonyl (C=O) groups is 1. The molecule has 2 saturated heterocycles. The molecule has 2 fully saturated rings. The number of phenolic OH excluding ortho intramolecular Hbond substituents is 1. The average Bonchev–Trinajstić information content (AvgIpc) is 2.73. The molecule has 30 heavy (non-hydrogen) atoms. The Kier molecular flexibility index (Phi) is 6.14. The topological polar surface area (TPSA) is 74.0 Å². The summed E-state index contributed by atoms with van der Waals surface area (Å²) in [4.78, 5) is 29.8. The summed E-state index contributed by atoms with van der Waals surface area (Å²) >= 11 is 0. The SMILES string of the molecule is Cc1c(CCC(=O)N(C)CC2CCCN3CCCCC23)c(=O)oc2cc(O)ccc12. The molecule has 0 radical (unpaired) electrons. The number of amides is 1. The average molecular weight is 413 g/mol. The molecule has 0 aliphatic carbocycles. The lowest BCUT2D eigenvalue weighted by molar-refractivity contribution is -0.131. The van der Waals surface area contributed by atoms with Gasteiger partial charge in [0.25, 0.3) is 0 Å². The number of benzene rings is 1. The molecule has 0 spiro atoms. The predicted octanol–water partition coefficient (Wildman–Crippen LogP) is 3.46. The molecule has 3 heterocycles. The summed E-state index contributed by atoms with van der Waals surface area (Å²) in [7, 11) is 1.89. The fourth-order valence-corrected chi connectivity index (χ4v) is 5.34. The maximum absolute atomic E-state index is 12.8. The van der Waals surface area contributed by atoms with E-state index in [1.165, 1.54) is 51.3 Å². The van der Waals surface area contributed by atoms with E-state index >= 15 is 0 Å². The van der Waals surface area contributed by atoms with Gasteiger partial charge in [-0.1, -0.05) is 6.42 Å². The monoisotopic (exact) mass is 412 g/mol. The molecule has 2 aliphatic heterocycles. The van der Waals surface area contributed by atoms with E-state index in [1.54, 1.807) is 12.1 Å². The standard InChI is InChI=1S/C24H32N2O4/c1-16-19-9-8-18(27)14-22(19)30-24(29)20(16)10-11-23(28)25(2)15-17-6-5-13-26-12-4-3-7-21(17)26/h8-9,14,17,21,27H,3-7,10-13,15H2,1-2H3. The van der Waals surface area contributed by atoms with E-state index < -0.39 is 5.63 Å². The molecule has 0 saturated carbocycles. The molecular weight excluding hydrogens is 380 g/mol. The van der Waals surface area contributed by atoms with Gasteiger partial charge < -0.3 is 19.3 Å². The Labute approximate surface area is 177 Å². The lowest BCUT2D eigenvalue weighted by atomic mass is 9.83. The highest BCUT2D eigenvalue weighted by molar-refractivity contribution is 5.82. The Hall–Kier alpha value is -2.34. The lowest BCUT2D eigenvalue weighted by Gasteiger charge is -2.45. The van der Waals surface area contributed by atoms with Crippen molar-refractivity contribution in [3.8, 4) is 5.75 Å². The Morgan fingerprint density at radius 3 is 2.87 bits per heavy atom. The predicted molar refractivity (Wildman–Crippen MR) is 117 cm³/mol. The van der Waals surface area contributed by atoms with Gasteiger partial charge >= 0.3 is 5.63 Å². The van der Waals surface area contributed by atoms with Gasteiger partial charge in [-0.2, -0.15) is 0 Å². The summed E-state index contributed by atoms with van der Waals surface area (Å²) in [5, 5.41) is 10.4. The first kappa shape index (κ1) is 20.9. The van der Waals surface area contributed by atoms with Gasteiger partial charge in [-0.3, -0.25) is 4.79 Å². The third kappa shape index (κ3) is 4.24. The van der Waals surface area contributed by atoms with E-state index in [0.717, 1.165) is 17.5 Å². The van der Waals surface area contributed by atoms with Gasteiger partial charge in [-0.05, 0) is 75.7 Å². The normalized spacial score (nSPS) is 22.1. The Morgan fingerprint density at radius 1 is 1.23 bits per heavy atom. The van der Waals surface area contributed by atoms with Crippen molar-refractivity contribution in [2.24, 2.45) is 5.92 Å². The number of hydrogen-bond acceptors (Lipinski definition) is 5. The van der Waals surface area contributed by atoms with Crippen LogP contribution in [-0.4, -0.2) is 53.5 Å². The fraction of sp³-hybridized carbons (Fsp3) is 0.583. The van der Waals surface area contributed by atoms with Crippen LogP contribution in [-0.2, 0) is 11.2 Å². The van der Waals surface area contributed by atoms with E-state index in [4.69, 9.17) is 4.42 Å². The minimum atomic E-state index is -0.425. The molecule has 2 unspecified atom stereocenters. The highest BCUT2D eigenvalue weighted by atomic mass is 16.4. The molecule has 1 amide bonds. The van der Waals surface area contributed by atoms with Crippen molar-refractivity contribution in [1.29, 1.82) is 0 Å². The van der Waals surface area contributed by atoms with Crippen LogP contribution in [0.15, 0.2) is 27.4 Å². The van der Waals surface area contributed by atoms with Crippen molar-refractivity contribution >= 4 is 16.9 Å². The van der Waals surface area contributed by atoms with Crippen molar-refractivity contribution in [3.05, 3.63) is 39.7 Å². The number of rotatable bonds is 5. The highest BCUT2D eigenvalue weighted by Crippen LogP contribution is 2.31. The zero-order valence-electron chi connectivity index (χ0n) is 18.0. The quantitative estimate of drug-likeness (QED) is 0.762. The minimum absolute atomic E-state index is 0.0637. The number of aryl methyl sites for hydroxylation is 1. The van der Waals surface area contributed by atoms with Crippen molar-refractivity contribution in [2.75, 3.05) is 26.7 Å². The second-order valence-corrected chi connectivity index (χ2v) is 8.95. The highest BCUT2D eigenvalue weighted by Gasteiger charge is 2.34. The first-order valence-corrected chi connectivity index (χ1v) is 11.2. The number of fused-ring (bicyclic) bond motifs is 2. The fourth-order valence-electron chi connectivity index (χ4n) is 5.34. The zero-order valence-corrected chi connectivity index (χ0v) is 18.0. The van der Waals surface area contributed by atoms with E-state index in [2.05, 4.69) is 4.90 Å². The van der Waals surface area contributed by atoms with Crippen LogP contribution in [0.2, 0.25) is 0 Å². The van der Waals surface area contributed by atoms with Crippen LogP contribution < -0.4 is 5.63 Å². The van der Waals surface area contributed by atoms with Gasteiger partial charge in [0, 0.05) is 43.1 Å². The van der Waals surface area contributed by atoms with Crippen LogP contribution in [0.1, 0.15) is 49.7 Å². The van der Waals surface area contributed by atoms with Crippen molar-refractivity contribution < 1.29 is 14.3 Å². The Morgan fingerprint density at radius 2 is 2.03 bits per heavy atom. The molecule has 2 atom stereocenters. The van der Waals surface area contributed by atoms with Gasteiger partial charge in [-0.25, -0.2) is 4.79 Å². The molecule has 0 bridgehead atoms. The number of carbonyl (C=O) groups excluding carboxylic acids is 1. The smallest absolute Gasteiger partial charge is 0.339 e. The van der Waals surface area contributed by atoms with E-state index in [1.807, 2.05) is 18.9 Å². The molecule has 6 nitrogen and oxygen atoms in total. The van der Waals surface area contributed by atoms with Crippen LogP contribution >= 0.6 is 0 Å². The van der Waals surface area contributed by atoms with Gasteiger partial charge in [0.15, 0.2) is 0 Å². The molecule has 2 aliphatic rings. The van der Waals surface area contributed by atoms with Crippen molar-refractivity contribution in [1.82, 2.24) is 9.80 Å². The van der Waals surface area contributed by atoms with Gasteiger partial charge in [0.2, 0.25) is 5.91 Å². The first-order valence-electron chi connectivity index (χ1n) is 11.2. The zero-order chi connectivity index (χ0) is 21.3. The van der Waals surface area contributed by atoms with Crippen LogP contribution in [0.3, 0.4) is 0 Å². The molecular formula is C24H32N2O4. The molecule has 1 aromatic carbocycles. The number of hydrogen-bond donors (Lipinski definition) is 1. The van der Waals surface area contributed by atoms with Gasteiger partial charge in [-0.15, -0.1) is 0 Å². The van der Waals surface area contributed by atoms with Crippen LogP contribution in [0.5, 0.6) is 5.75 Å². The van der Waals surface area contributed by atoms with Crippen LogP contribution in [0.25, 0.3) is 11.0 Å². The first-order chi connectivity index (χ1) is 14.4. The maximum atomic E-state index is 12.8.